The summed E-state index contributed by atoms with van der Waals surface area (Å²) in [4.78, 5) is 42.1. The molecule has 8 nitrogen and oxygen atoms in total. The second kappa shape index (κ2) is 8.60. The van der Waals surface area contributed by atoms with Gasteiger partial charge in [-0.2, -0.15) is 0 Å². The summed E-state index contributed by atoms with van der Waals surface area (Å²) < 4.78 is 0. The summed E-state index contributed by atoms with van der Waals surface area (Å²) in [5, 5.41) is 8.93. The van der Waals surface area contributed by atoms with Gasteiger partial charge in [0.05, 0.1) is 12.1 Å². The largest absolute Gasteiger partial charge is 0.352 e. The van der Waals surface area contributed by atoms with Gasteiger partial charge in [-0.1, -0.05) is 0 Å². The fourth-order valence-corrected chi connectivity index (χ4v) is 7.15. The van der Waals surface area contributed by atoms with Crippen molar-refractivity contribution >= 4 is 17.8 Å². The summed E-state index contributed by atoms with van der Waals surface area (Å²) in [6, 6.07) is -0.463. The van der Waals surface area contributed by atoms with Crippen LogP contribution in [-0.2, 0) is 9.59 Å². The number of urea groups is 1. The zero-order chi connectivity index (χ0) is 22.5. The topological polar surface area (TPSA) is 93.8 Å². The van der Waals surface area contributed by atoms with E-state index in [1.54, 1.807) is 0 Å². The number of carbonyl (C=O) groups is 3. The molecule has 32 heavy (non-hydrogen) atoms. The van der Waals surface area contributed by atoms with Crippen molar-refractivity contribution in [3.63, 3.8) is 0 Å². The van der Waals surface area contributed by atoms with Gasteiger partial charge in [0, 0.05) is 37.8 Å². The number of amides is 4. The van der Waals surface area contributed by atoms with Crippen LogP contribution in [0.1, 0.15) is 65.2 Å². The van der Waals surface area contributed by atoms with E-state index in [9.17, 15) is 14.4 Å². The lowest BCUT2D eigenvalue weighted by Gasteiger charge is -2.56. The maximum atomic E-state index is 12.8. The number of piperazine rings is 1. The molecule has 8 heteroatoms. The first-order valence-electron chi connectivity index (χ1n) is 12.7. The zero-order valence-electron chi connectivity index (χ0n) is 19.6. The van der Waals surface area contributed by atoms with Crippen LogP contribution in [0.15, 0.2) is 0 Å². The second-order valence-electron chi connectivity index (χ2n) is 11.3. The average Bonchev–Trinajstić information content (AvgIpc) is 3.55. The van der Waals surface area contributed by atoms with Crippen LogP contribution in [0.3, 0.4) is 0 Å². The molecule has 1 heterocycles. The summed E-state index contributed by atoms with van der Waals surface area (Å²) in [5.74, 6) is 2.12. The molecule has 1 saturated heterocycles. The number of imide groups is 1. The van der Waals surface area contributed by atoms with Gasteiger partial charge in [0.2, 0.25) is 11.8 Å². The predicted octanol–water partition coefficient (Wildman–Crippen LogP) is 1.45. The molecule has 0 aromatic heterocycles. The molecule has 4 amide bonds. The Morgan fingerprint density at radius 1 is 0.781 bits per heavy atom. The molecular formula is C24H39N5O3. The van der Waals surface area contributed by atoms with Crippen LogP contribution < -0.4 is 16.0 Å². The summed E-state index contributed by atoms with van der Waals surface area (Å²) in [7, 11) is 0. The van der Waals surface area contributed by atoms with Crippen LogP contribution in [0, 0.1) is 17.8 Å². The summed E-state index contributed by atoms with van der Waals surface area (Å²) in [6.45, 7) is 6.75. The fraction of sp³-hybridized carbons (Fsp3) is 0.875. The maximum Gasteiger partial charge on any atom is 0.321 e. The van der Waals surface area contributed by atoms with Crippen molar-refractivity contribution in [3.05, 3.63) is 0 Å². The normalized spacial score (nSPS) is 36.4. The summed E-state index contributed by atoms with van der Waals surface area (Å²) in [5.41, 5.74) is -0.0921. The molecular weight excluding hydrogens is 406 g/mol. The van der Waals surface area contributed by atoms with Gasteiger partial charge >= 0.3 is 6.03 Å². The monoisotopic (exact) mass is 445 g/mol. The molecule has 1 aliphatic heterocycles. The van der Waals surface area contributed by atoms with Crippen LogP contribution in [0.25, 0.3) is 0 Å². The quantitative estimate of drug-likeness (QED) is 0.576. The van der Waals surface area contributed by atoms with Crippen molar-refractivity contribution in [2.24, 2.45) is 17.8 Å². The molecule has 2 atom stereocenters. The number of hydrogen-bond acceptors (Lipinski definition) is 5. The van der Waals surface area contributed by atoms with Crippen molar-refractivity contribution in [3.8, 4) is 0 Å². The van der Waals surface area contributed by atoms with Crippen LogP contribution in [0.2, 0.25) is 0 Å². The Labute approximate surface area is 191 Å². The Kier molecular flexibility index (Phi) is 5.95. The number of nitrogens with one attached hydrogen (secondary N) is 3. The third-order valence-electron chi connectivity index (χ3n) is 8.78. The van der Waals surface area contributed by atoms with E-state index in [4.69, 9.17) is 0 Å². The Morgan fingerprint density at radius 2 is 1.25 bits per heavy atom. The molecule has 2 unspecified atom stereocenters. The lowest BCUT2D eigenvalue weighted by atomic mass is 9.53. The highest BCUT2D eigenvalue weighted by atomic mass is 16.2. The van der Waals surface area contributed by atoms with E-state index in [1.165, 1.54) is 19.3 Å². The maximum absolute atomic E-state index is 12.8. The van der Waals surface area contributed by atoms with E-state index < -0.39 is 0 Å². The number of nitrogens with zero attached hydrogens (tertiary/aromatic N) is 2. The molecule has 6 aliphatic rings. The third kappa shape index (κ3) is 4.67. The highest BCUT2D eigenvalue weighted by Crippen LogP contribution is 2.55. The van der Waals surface area contributed by atoms with Gasteiger partial charge in [-0.25, -0.2) is 4.79 Å². The van der Waals surface area contributed by atoms with Crippen molar-refractivity contribution in [1.29, 1.82) is 0 Å². The van der Waals surface area contributed by atoms with Gasteiger partial charge in [-0.15, -0.1) is 0 Å². The van der Waals surface area contributed by atoms with Crippen LogP contribution in [0.4, 0.5) is 4.79 Å². The van der Waals surface area contributed by atoms with E-state index in [-0.39, 0.29) is 35.5 Å². The lowest BCUT2D eigenvalue weighted by molar-refractivity contribution is -0.129. The minimum absolute atomic E-state index is 0.0921. The van der Waals surface area contributed by atoms with Gasteiger partial charge in [0.15, 0.2) is 0 Å². The molecule has 0 aromatic rings. The SMILES string of the molecule is CC(C(=O)NC(=O)NC12CC3CC(CC(C3)C1)C2)N1CCN(C(C)C(=O)NC2CC2)CC1. The van der Waals surface area contributed by atoms with Crippen molar-refractivity contribution < 1.29 is 14.4 Å². The van der Waals surface area contributed by atoms with Crippen molar-refractivity contribution in [1.82, 2.24) is 25.8 Å². The first-order chi connectivity index (χ1) is 15.3. The Morgan fingerprint density at radius 3 is 1.72 bits per heavy atom. The standard InChI is InChI=1S/C24H39N5O3/c1-15(21(30)25-20-3-4-20)28-5-7-29(8-6-28)16(2)22(31)26-23(32)27-24-12-17-9-18(13-24)11-19(10-17)14-24/h15-20H,3-14H2,1-2H3,(H,25,30)(H2,26,27,31,32). The molecule has 3 N–H and O–H groups in total. The summed E-state index contributed by atoms with van der Waals surface area (Å²) in [6.07, 6.45) is 9.38. The molecule has 0 aromatic carbocycles. The van der Waals surface area contributed by atoms with E-state index in [0.29, 0.717) is 19.1 Å². The second-order valence-corrected chi connectivity index (χ2v) is 11.3. The Hall–Kier alpha value is -1.67. The van der Waals surface area contributed by atoms with E-state index in [1.807, 2.05) is 13.8 Å². The van der Waals surface area contributed by atoms with Gasteiger partial charge in [0.25, 0.3) is 0 Å². The van der Waals surface area contributed by atoms with Crippen LogP contribution in [-0.4, -0.2) is 77.5 Å². The molecule has 4 bridgehead atoms. The zero-order valence-corrected chi connectivity index (χ0v) is 19.6. The van der Waals surface area contributed by atoms with Gasteiger partial charge < -0.3 is 10.6 Å². The highest BCUT2D eigenvalue weighted by Gasteiger charge is 2.51. The van der Waals surface area contributed by atoms with Gasteiger partial charge in [-0.05, 0) is 83.0 Å². The molecule has 178 valence electrons. The molecule has 6 rings (SSSR count). The molecule has 0 radical (unpaired) electrons. The predicted molar refractivity (Wildman–Crippen MR) is 121 cm³/mol. The minimum atomic E-state index is -0.366. The number of carbonyl (C=O) groups excluding carboxylic acids is 3. The van der Waals surface area contributed by atoms with Gasteiger partial charge in [-0.3, -0.25) is 24.7 Å². The minimum Gasteiger partial charge on any atom is -0.352 e. The third-order valence-corrected chi connectivity index (χ3v) is 8.78. The number of hydrogen-bond donors (Lipinski definition) is 3. The van der Waals surface area contributed by atoms with Crippen molar-refractivity contribution in [2.45, 2.75) is 88.9 Å². The van der Waals surface area contributed by atoms with Gasteiger partial charge in [0.1, 0.15) is 0 Å². The first kappa shape index (κ1) is 22.1. The highest BCUT2D eigenvalue weighted by molar-refractivity contribution is 5.97. The first-order valence-corrected chi connectivity index (χ1v) is 12.7. The van der Waals surface area contributed by atoms with Crippen molar-refractivity contribution in [2.75, 3.05) is 26.2 Å². The fourth-order valence-electron chi connectivity index (χ4n) is 7.15. The van der Waals surface area contributed by atoms with Crippen LogP contribution in [0.5, 0.6) is 0 Å². The molecule has 6 fully saturated rings. The smallest absolute Gasteiger partial charge is 0.321 e. The number of rotatable bonds is 6. The van der Waals surface area contributed by atoms with E-state index >= 15 is 0 Å². The van der Waals surface area contributed by atoms with Crippen LogP contribution >= 0.6 is 0 Å². The van der Waals surface area contributed by atoms with E-state index in [0.717, 1.165) is 62.9 Å². The molecule has 5 saturated carbocycles. The molecule has 5 aliphatic carbocycles. The Balaban J connectivity index is 1.07. The summed E-state index contributed by atoms with van der Waals surface area (Å²) >= 11 is 0. The molecule has 0 spiro atoms. The Bertz CT molecular complexity index is 723. The van der Waals surface area contributed by atoms with E-state index in [2.05, 4.69) is 25.8 Å². The lowest BCUT2D eigenvalue weighted by Crippen LogP contribution is -2.63. The average molecular weight is 446 g/mol.